The van der Waals surface area contributed by atoms with Gasteiger partial charge in [-0.15, -0.1) is 0 Å². The van der Waals surface area contributed by atoms with Crippen molar-refractivity contribution in [2.75, 3.05) is 23.1 Å². The number of rotatable bonds is 8. The fourth-order valence-corrected chi connectivity index (χ4v) is 4.91. The van der Waals surface area contributed by atoms with Crippen LogP contribution in [0.25, 0.3) is 6.08 Å². The van der Waals surface area contributed by atoms with Crippen molar-refractivity contribution in [1.29, 1.82) is 0 Å². The van der Waals surface area contributed by atoms with Gasteiger partial charge in [-0.1, -0.05) is 24.3 Å². The molecule has 0 aliphatic carbocycles. The number of nitrogens with one attached hydrogen (secondary N) is 1. The maximum Gasteiger partial charge on any atom is 0.244 e. The van der Waals surface area contributed by atoms with E-state index in [4.69, 9.17) is 4.74 Å². The van der Waals surface area contributed by atoms with Crippen LogP contribution in [-0.4, -0.2) is 38.2 Å². The standard InChI is InChI=1S/C24H22FN3O4S/c25-21-16-18(7-9-23(21)32-20-5-3-12-26-17-20)8-10-24(29)27-13-15-33(30,31)28-14-11-19-4-1-2-6-22(19)28/h1-10,12,16-17H,11,13-15H2,(H,27,29)/b10-8+. The molecule has 0 spiro atoms. The number of amides is 1. The maximum atomic E-state index is 14.3. The highest BCUT2D eigenvalue weighted by atomic mass is 32.2. The van der Waals surface area contributed by atoms with Gasteiger partial charge in [-0.3, -0.25) is 14.1 Å². The van der Waals surface area contributed by atoms with Crippen molar-refractivity contribution in [2.45, 2.75) is 6.42 Å². The third kappa shape index (κ3) is 5.56. The van der Waals surface area contributed by atoms with Crippen molar-refractivity contribution in [3.63, 3.8) is 0 Å². The normalized spacial score (nSPS) is 13.2. The largest absolute Gasteiger partial charge is 0.453 e. The first-order valence-electron chi connectivity index (χ1n) is 10.3. The highest BCUT2D eigenvalue weighted by Crippen LogP contribution is 2.30. The first-order valence-corrected chi connectivity index (χ1v) is 11.9. The molecule has 0 radical (unpaired) electrons. The van der Waals surface area contributed by atoms with Gasteiger partial charge in [0.05, 0.1) is 17.6 Å². The van der Waals surface area contributed by atoms with Crippen LogP contribution < -0.4 is 14.4 Å². The van der Waals surface area contributed by atoms with E-state index < -0.39 is 21.7 Å². The molecule has 4 rings (SSSR count). The van der Waals surface area contributed by atoms with Crippen LogP contribution in [0.5, 0.6) is 11.5 Å². The lowest BCUT2D eigenvalue weighted by Gasteiger charge is -2.19. The average molecular weight is 468 g/mol. The summed E-state index contributed by atoms with van der Waals surface area (Å²) in [5, 5.41) is 2.56. The Balaban J connectivity index is 1.29. The van der Waals surface area contributed by atoms with E-state index in [1.165, 1.54) is 34.8 Å². The fourth-order valence-electron chi connectivity index (χ4n) is 3.48. The number of benzene rings is 2. The van der Waals surface area contributed by atoms with Crippen LogP contribution in [0.3, 0.4) is 0 Å². The van der Waals surface area contributed by atoms with Gasteiger partial charge in [-0.2, -0.15) is 0 Å². The van der Waals surface area contributed by atoms with E-state index in [0.717, 1.165) is 5.56 Å². The number of halogens is 1. The van der Waals surface area contributed by atoms with E-state index in [0.29, 0.717) is 30.0 Å². The molecule has 0 fully saturated rings. The first-order chi connectivity index (χ1) is 15.9. The lowest BCUT2D eigenvalue weighted by molar-refractivity contribution is -0.116. The number of anilines is 1. The quantitative estimate of drug-likeness (QED) is 0.512. The van der Waals surface area contributed by atoms with E-state index >= 15 is 0 Å². The summed E-state index contributed by atoms with van der Waals surface area (Å²) in [6.45, 7) is 0.373. The van der Waals surface area contributed by atoms with Gasteiger partial charge in [0.1, 0.15) is 5.75 Å². The van der Waals surface area contributed by atoms with E-state index in [1.54, 1.807) is 36.5 Å². The smallest absolute Gasteiger partial charge is 0.244 e. The topological polar surface area (TPSA) is 88.6 Å². The minimum atomic E-state index is -3.55. The van der Waals surface area contributed by atoms with Gasteiger partial charge in [0.2, 0.25) is 15.9 Å². The third-order valence-electron chi connectivity index (χ3n) is 5.08. The number of pyridine rings is 1. The molecule has 2 heterocycles. The Bertz CT molecular complexity index is 1280. The van der Waals surface area contributed by atoms with Gasteiger partial charge in [0.15, 0.2) is 11.6 Å². The van der Waals surface area contributed by atoms with Crippen molar-refractivity contribution >= 4 is 27.7 Å². The van der Waals surface area contributed by atoms with E-state index in [9.17, 15) is 17.6 Å². The molecule has 170 valence electrons. The second-order valence-electron chi connectivity index (χ2n) is 7.37. The molecule has 1 aliphatic heterocycles. The summed E-state index contributed by atoms with van der Waals surface area (Å²) in [5.41, 5.74) is 2.15. The number of hydrogen-bond donors (Lipinski definition) is 1. The predicted octanol–water partition coefficient (Wildman–Crippen LogP) is 3.53. The van der Waals surface area contributed by atoms with E-state index in [1.807, 2.05) is 12.1 Å². The van der Waals surface area contributed by atoms with Crippen LogP contribution >= 0.6 is 0 Å². The van der Waals surface area contributed by atoms with Crippen LogP contribution in [0.2, 0.25) is 0 Å². The van der Waals surface area contributed by atoms with Crippen LogP contribution in [0, 0.1) is 5.82 Å². The fraction of sp³-hybridized carbons (Fsp3) is 0.167. The number of nitrogens with zero attached hydrogens (tertiary/aromatic N) is 2. The lowest BCUT2D eigenvalue weighted by atomic mass is 10.2. The molecular weight excluding hydrogens is 445 g/mol. The number of aromatic nitrogens is 1. The summed E-state index contributed by atoms with van der Waals surface area (Å²) >= 11 is 0. The minimum absolute atomic E-state index is 0.0313. The zero-order valence-corrected chi connectivity index (χ0v) is 18.5. The summed E-state index contributed by atoms with van der Waals surface area (Å²) < 4.78 is 46.4. The molecular formula is C24H22FN3O4S. The van der Waals surface area contributed by atoms with Crippen LogP contribution in [0.15, 0.2) is 73.1 Å². The summed E-state index contributed by atoms with van der Waals surface area (Å²) in [6, 6.07) is 15.0. The average Bonchev–Trinajstić information content (AvgIpc) is 3.25. The lowest BCUT2D eigenvalue weighted by Crippen LogP contribution is -2.36. The van der Waals surface area contributed by atoms with Crippen molar-refractivity contribution in [2.24, 2.45) is 0 Å². The first kappa shape index (κ1) is 22.5. The molecule has 2 aromatic carbocycles. The molecule has 3 aromatic rings. The minimum Gasteiger partial charge on any atom is -0.453 e. The molecule has 33 heavy (non-hydrogen) atoms. The molecule has 1 aliphatic rings. The summed E-state index contributed by atoms with van der Waals surface area (Å²) in [6.07, 6.45) is 6.40. The van der Waals surface area contributed by atoms with Gasteiger partial charge in [0, 0.05) is 25.4 Å². The van der Waals surface area contributed by atoms with Crippen molar-refractivity contribution in [1.82, 2.24) is 10.3 Å². The highest BCUT2D eigenvalue weighted by molar-refractivity contribution is 7.92. The van der Waals surface area contributed by atoms with E-state index in [2.05, 4.69) is 10.3 Å². The Labute approximate surface area is 191 Å². The monoisotopic (exact) mass is 467 g/mol. The number of ether oxygens (including phenoxy) is 1. The number of hydrogen-bond acceptors (Lipinski definition) is 5. The Morgan fingerprint density at radius 3 is 2.82 bits per heavy atom. The summed E-state index contributed by atoms with van der Waals surface area (Å²) in [5.74, 6) is -0.818. The molecule has 1 amide bonds. The number of fused-ring (bicyclic) bond motifs is 1. The van der Waals surface area contributed by atoms with Gasteiger partial charge in [0.25, 0.3) is 0 Å². The number of sulfonamides is 1. The predicted molar refractivity (Wildman–Crippen MR) is 124 cm³/mol. The molecule has 1 aromatic heterocycles. The van der Waals surface area contributed by atoms with Crippen LogP contribution in [0.1, 0.15) is 11.1 Å². The maximum absolute atomic E-state index is 14.3. The highest BCUT2D eigenvalue weighted by Gasteiger charge is 2.28. The third-order valence-corrected chi connectivity index (χ3v) is 6.86. The van der Waals surface area contributed by atoms with Gasteiger partial charge in [-0.05, 0) is 54.0 Å². The molecule has 0 bridgehead atoms. The zero-order valence-electron chi connectivity index (χ0n) is 17.6. The van der Waals surface area contributed by atoms with Gasteiger partial charge >= 0.3 is 0 Å². The summed E-state index contributed by atoms with van der Waals surface area (Å²) in [7, 11) is -3.55. The molecule has 0 saturated heterocycles. The van der Waals surface area contributed by atoms with Gasteiger partial charge < -0.3 is 10.1 Å². The number of carbonyl (C=O) groups is 1. The Hall–Kier alpha value is -3.72. The SMILES string of the molecule is O=C(/C=C/c1ccc(Oc2cccnc2)c(F)c1)NCCS(=O)(=O)N1CCc2ccccc21. The Morgan fingerprint density at radius 2 is 2.03 bits per heavy atom. The van der Waals surface area contributed by atoms with Crippen molar-refractivity contribution in [3.05, 3.63) is 90.0 Å². The summed E-state index contributed by atoms with van der Waals surface area (Å²) in [4.78, 5) is 16.0. The second kappa shape index (κ2) is 9.83. The number of para-hydroxylation sites is 1. The molecule has 0 unspecified atom stereocenters. The van der Waals surface area contributed by atoms with Crippen LogP contribution in [-0.2, 0) is 21.2 Å². The molecule has 0 saturated carbocycles. The molecule has 7 nitrogen and oxygen atoms in total. The second-order valence-corrected chi connectivity index (χ2v) is 9.38. The van der Waals surface area contributed by atoms with Crippen molar-refractivity contribution in [3.8, 4) is 11.5 Å². The molecule has 9 heteroatoms. The van der Waals surface area contributed by atoms with Crippen LogP contribution in [0.4, 0.5) is 10.1 Å². The molecule has 1 N–H and O–H groups in total. The number of carbonyl (C=O) groups excluding carboxylic acids is 1. The van der Waals surface area contributed by atoms with Gasteiger partial charge in [-0.25, -0.2) is 12.8 Å². The van der Waals surface area contributed by atoms with E-state index in [-0.39, 0.29) is 18.0 Å². The Morgan fingerprint density at radius 1 is 1.18 bits per heavy atom. The Kier molecular flexibility index (Phi) is 6.69. The molecule has 0 atom stereocenters. The van der Waals surface area contributed by atoms with Crippen molar-refractivity contribution < 1.29 is 22.3 Å². The zero-order chi connectivity index (χ0) is 23.3.